The van der Waals surface area contributed by atoms with Crippen molar-refractivity contribution < 1.29 is 19.0 Å². The van der Waals surface area contributed by atoms with Gasteiger partial charge in [0.15, 0.2) is 17.3 Å². The quantitative estimate of drug-likeness (QED) is 0.778. The summed E-state index contributed by atoms with van der Waals surface area (Å²) >= 11 is 0. The van der Waals surface area contributed by atoms with Gasteiger partial charge in [-0.1, -0.05) is 0 Å². The number of carbonyl (C=O) groups is 1. The number of nitrogens with one attached hydrogen (secondary N) is 1. The van der Waals surface area contributed by atoms with E-state index < -0.39 is 0 Å². The van der Waals surface area contributed by atoms with Crippen LogP contribution in [0.25, 0.3) is 0 Å². The first-order valence-electron chi connectivity index (χ1n) is 8.68. The molecule has 0 radical (unpaired) electrons. The number of benzene rings is 1. The summed E-state index contributed by atoms with van der Waals surface area (Å²) in [6, 6.07) is 5.21. The Bertz CT molecular complexity index is 808. The zero-order valence-electron chi connectivity index (χ0n) is 15.7. The van der Waals surface area contributed by atoms with Crippen LogP contribution < -0.4 is 24.4 Å². The lowest BCUT2D eigenvalue weighted by Gasteiger charge is -2.16. The van der Waals surface area contributed by atoms with Gasteiger partial charge >= 0.3 is 6.01 Å². The van der Waals surface area contributed by atoms with Crippen molar-refractivity contribution in [3.63, 3.8) is 0 Å². The minimum Gasteiger partial charge on any atom is -0.493 e. The third-order valence-corrected chi connectivity index (χ3v) is 4.27. The van der Waals surface area contributed by atoms with E-state index in [1.165, 1.54) is 14.2 Å². The molecule has 144 valence electrons. The molecule has 1 amide bonds. The summed E-state index contributed by atoms with van der Waals surface area (Å²) < 4.78 is 15.6. The normalized spacial score (nSPS) is 13.4. The second kappa shape index (κ2) is 8.52. The number of hydrogen-bond donors (Lipinski definition) is 1. The van der Waals surface area contributed by atoms with E-state index in [2.05, 4.69) is 25.2 Å². The fraction of sp³-hybridized carbons (Fsp3) is 0.444. The van der Waals surface area contributed by atoms with Crippen LogP contribution in [0, 0.1) is 0 Å². The standard InChI is InChI=1S/C18H23N5O4/c1-25-13-7-6-12(10-14(13)26-2)16(24)19-11-15-20-17(22-18(21-15)27-3)23-8-4-5-9-23/h6-7,10H,4-5,8-9,11H2,1-3H3,(H,19,24). The van der Waals surface area contributed by atoms with Crippen LogP contribution in [-0.2, 0) is 6.54 Å². The maximum Gasteiger partial charge on any atom is 0.321 e. The first-order valence-corrected chi connectivity index (χ1v) is 8.68. The van der Waals surface area contributed by atoms with Gasteiger partial charge in [-0.2, -0.15) is 15.0 Å². The lowest BCUT2D eigenvalue weighted by Crippen LogP contribution is -2.26. The molecular weight excluding hydrogens is 350 g/mol. The Morgan fingerprint density at radius 1 is 1.04 bits per heavy atom. The van der Waals surface area contributed by atoms with Gasteiger partial charge in [-0.3, -0.25) is 4.79 Å². The largest absolute Gasteiger partial charge is 0.493 e. The molecule has 3 rings (SSSR count). The van der Waals surface area contributed by atoms with Crippen molar-refractivity contribution in [1.29, 1.82) is 0 Å². The van der Waals surface area contributed by atoms with Gasteiger partial charge in [0.1, 0.15) is 0 Å². The van der Waals surface area contributed by atoms with Crippen molar-refractivity contribution in [1.82, 2.24) is 20.3 Å². The molecule has 0 spiro atoms. The highest BCUT2D eigenvalue weighted by Crippen LogP contribution is 2.27. The van der Waals surface area contributed by atoms with Crippen molar-refractivity contribution in [3.8, 4) is 17.5 Å². The van der Waals surface area contributed by atoms with Gasteiger partial charge in [0.2, 0.25) is 5.95 Å². The number of anilines is 1. The number of carbonyl (C=O) groups excluding carboxylic acids is 1. The van der Waals surface area contributed by atoms with Gasteiger partial charge < -0.3 is 24.4 Å². The number of amides is 1. The molecular formula is C18H23N5O4. The summed E-state index contributed by atoms with van der Waals surface area (Å²) in [5.41, 5.74) is 0.452. The maximum absolute atomic E-state index is 12.5. The molecule has 2 aromatic rings. The molecule has 1 N–H and O–H groups in total. The summed E-state index contributed by atoms with van der Waals surface area (Å²) in [4.78, 5) is 27.5. The number of nitrogens with zero attached hydrogens (tertiary/aromatic N) is 4. The van der Waals surface area contributed by atoms with Gasteiger partial charge in [0, 0.05) is 18.7 Å². The molecule has 1 aromatic heterocycles. The fourth-order valence-corrected chi connectivity index (χ4v) is 2.85. The average molecular weight is 373 g/mol. The Balaban J connectivity index is 1.72. The molecule has 9 nitrogen and oxygen atoms in total. The predicted octanol–water partition coefficient (Wildman–Crippen LogP) is 1.43. The predicted molar refractivity (Wildman–Crippen MR) is 98.5 cm³/mol. The van der Waals surface area contributed by atoms with E-state index in [9.17, 15) is 4.79 Å². The topological polar surface area (TPSA) is 98.7 Å². The molecule has 1 saturated heterocycles. The van der Waals surface area contributed by atoms with E-state index in [0.717, 1.165) is 25.9 Å². The van der Waals surface area contributed by atoms with Crippen LogP contribution in [0.2, 0.25) is 0 Å². The highest BCUT2D eigenvalue weighted by molar-refractivity contribution is 5.94. The Morgan fingerprint density at radius 3 is 2.44 bits per heavy atom. The van der Waals surface area contributed by atoms with Crippen molar-refractivity contribution in [3.05, 3.63) is 29.6 Å². The highest BCUT2D eigenvalue weighted by Gasteiger charge is 2.18. The summed E-state index contributed by atoms with van der Waals surface area (Å²) in [7, 11) is 4.58. The molecule has 1 aromatic carbocycles. The molecule has 0 aliphatic carbocycles. The lowest BCUT2D eigenvalue weighted by atomic mass is 10.2. The van der Waals surface area contributed by atoms with Crippen molar-refractivity contribution in [2.24, 2.45) is 0 Å². The molecule has 0 unspecified atom stereocenters. The molecule has 0 atom stereocenters. The van der Waals surface area contributed by atoms with Gasteiger partial charge in [-0.15, -0.1) is 0 Å². The monoisotopic (exact) mass is 373 g/mol. The fourth-order valence-electron chi connectivity index (χ4n) is 2.85. The minimum atomic E-state index is -0.266. The molecule has 9 heteroatoms. The third kappa shape index (κ3) is 4.36. The van der Waals surface area contributed by atoms with E-state index in [0.29, 0.717) is 28.8 Å². The number of ether oxygens (including phenoxy) is 3. The van der Waals surface area contributed by atoms with E-state index in [1.807, 2.05) is 0 Å². The second-order valence-corrected chi connectivity index (χ2v) is 5.98. The van der Waals surface area contributed by atoms with E-state index in [1.54, 1.807) is 25.3 Å². The van der Waals surface area contributed by atoms with E-state index in [-0.39, 0.29) is 18.5 Å². The highest BCUT2D eigenvalue weighted by atomic mass is 16.5. The Morgan fingerprint density at radius 2 is 1.78 bits per heavy atom. The number of methoxy groups -OCH3 is 3. The van der Waals surface area contributed by atoms with E-state index in [4.69, 9.17) is 14.2 Å². The van der Waals surface area contributed by atoms with Crippen LogP contribution >= 0.6 is 0 Å². The average Bonchev–Trinajstić information content (AvgIpc) is 3.26. The first-order chi connectivity index (χ1) is 13.1. The molecule has 27 heavy (non-hydrogen) atoms. The van der Waals surface area contributed by atoms with Crippen LogP contribution in [0.5, 0.6) is 17.5 Å². The third-order valence-electron chi connectivity index (χ3n) is 4.27. The molecule has 2 heterocycles. The molecule has 0 bridgehead atoms. The number of rotatable bonds is 7. The lowest BCUT2D eigenvalue weighted by molar-refractivity contribution is 0.0949. The molecule has 1 fully saturated rings. The molecule has 1 aliphatic heterocycles. The van der Waals surface area contributed by atoms with Crippen LogP contribution in [0.1, 0.15) is 29.0 Å². The molecule has 0 saturated carbocycles. The number of hydrogen-bond acceptors (Lipinski definition) is 8. The van der Waals surface area contributed by atoms with Gasteiger partial charge in [-0.25, -0.2) is 0 Å². The summed E-state index contributed by atoms with van der Waals surface area (Å²) in [5, 5.41) is 2.81. The van der Waals surface area contributed by atoms with Crippen molar-refractivity contribution in [2.45, 2.75) is 19.4 Å². The van der Waals surface area contributed by atoms with E-state index >= 15 is 0 Å². The Hall–Kier alpha value is -3.10. The van der Waals surface area contributed by atoms with Crippen molar-refractivity contribution >= 4 is 11.9 Å². The van der Waals surface area contributed by atoms with Gasteiger partial charge in [-0.05, 0) is 31.0 Å². The summed E-state index contributed by atoms with van der Waals surface area (Å²) in [6.45, 7) is 1.97. The Kier molecular flexibility index (Phi) is 5.90. The zero-order chi connectivity index (χ0) is 19.2. The minimum absolute atomic E-state index is 0.160. The van der Waals surface area contributed by atoms with Gasteiger partial charge in [0.25, 0.3) is 5.91 Å². The SMILES string of the molecule is COc1nc(CNC(=O)c2ccc(OC)c(OC)c2)nc(N2CCCC2)n1. The Labute approximate surface area is 157 Å². The van der Waals surface area contributed by atoms with Crippen LogP contribution in [0.15, 0.2) is 18.2 Å². The van der Waals surface area contributed by atoms with Gasteiger partial charge in [0.05, 0.1) is 27.9 Å². The summed E-state index contributed by atoms with van der Waals surface area (Å²) in [6.07, 6.45) is 2.22. The van der Waals surface area contributed by atoms with Crippen molar-refractivity contribution in [2.75, 3.05) is 39.3 Å². The number of aromatic nitrogens is 3. The summed E-state index contributed by atoms with van der Waals surface area (Å²) in [5.74, 6) is 1.81. The van der Waals surface area contributed by atoms with Crippen LogP contribution in [-0.4, -0.2) is 55.3 Å². The van der Waals surface area contributed by atoms with Crippen LogP contribution in [0.4, 0.5) is 5.95 Å². The maximum atomic E-state index is 12.5. The smallest absolute Gasteiger partial charge is 0.321 e. The first kappa shape index (κ1) is 18.7. The zero-order valence-corrected chi connectivity index (χ0v) is 15.7. The second-order valence-electron chi connectivity index (χ2n) is 5.98. The van der Waals surface area contributed by atoms with Crippen LogP contribution in [0.3, 0.4) is 0 Å². The molecule has 1 aliphatic rings.